The van der Waals surface area contributed by atoms with Crippen LogP contribution in [-0.4, -0.2) is 12.6 Å². The van der Waals surface area contributed by atoms with Crippen molar-refractivity contribution < 1.29 is 0 Å². The summed E-state index contributed by atoms with van der Waals surface area (Å²) in [5, 5.41) is 0. The molecular weight excluding hydrogens is 232 g/mol. The van der Waals surface area contributed by atoms with Crippen LogP contribution in [-0.2, 0) is 0 Å². The zero-order chi connectivity index (χ0) is 14.3. The summed E-state index contributed by atoms with van der Waals surface area (Å²) in [4.78, 5) is 2.54. The molecular formula is C17H30N2. The van der Waals surface area contributed by atoms with Crippen molar-refractivity contribution in [3.8, 4) is 0 Å². The summed E-state index contributed by atoms with van der Waals surface area (Å²) in [5.74, 6) is 0. The first-order valence-electron chi connectivity index (χ1n) is 7.76. The number of unbranched alkanes of at least 4 members (excludes halogenated alkanes) is 1. The predicted octanol–water partition coefficient (Wildman–Crippen LogP) is 4.50. The van der Waals surface area contributed by atoms with Crippen LogP contribution in [0.15, 0.2) is 24.3 Å². The van der Waals surface area contributed by atoms with Crippen LogP contribution in [0.3, 0.4) is 0 Å². The zero-order valence-electron chi connectivity index (χ0n) is 13.0. The summed E-state index contributed by atoms with van der Waals surface area (Å²) in [6.45, 7) is 10.1. The topological polar surface area (TPSA) is 29.3 Å². The van der Waals surface area contributed by atoms with Gasteiger partial charge >= 0.3 is 0 Å². The van der Waals surface area contributed by atoms with Crippen LogP contribution in [0.2, 0.25) is 0 Å². The number of benzene rings is 1. The fourth-order valence-electron chi connectivity index (χ4n) is 2.41. The van der Waals surface area contributed by atoms with Crippen molar-refractivity contribution in [3.05, 3.63) is 29.8 Å². The molecule has 0 saturated heterocycles. The molecule has 2 nitrogen and oxygen atoms in total. The minimum absolute atomic E-state index is 0.143. The molecule has 0 aliphatic carbocycles. The molecule has 2 heteroatoms. The lowest BCUT2D eigenvalue weighted by molar-refractivity contribution is 0.588. The van der Waals surface area contributed by atoms with E-state index in [1.807, 2.05) is 0 Å². The number of hydrogen-bond acceptors (Lipinski definition) is 2. The van der Waals surface area contributed by atoms with E-state index in [4.69, 9.17) is 5.73 Å². The average Bonchev–Trinajstić information content (AvgIpc) is 2.46. The monoisotopic (exact) mass is 262 g/mol. The standard InChI is InChI=1S/C17H30N2/c1-5-8-13-19(14(4)6-2)17-12-10-9-11-15(17)16(18)7-3/h9-12,14,16H,5-8,13,18H2,1-4H3. The van der Waals surface area contributed by atoms with Crippen LogP contribution in [0.1, 0.15) is 65.0 Å². The Balaban J connectivity index is 3.06. The van der Waals surface area contributed by atoms with E-state index in [0.29, 0.717) is 6.04 Å². The summed E-state index contributed by atoms with van der Waals surface area (Å²) < 4.78 is 0. The van der Waals surface area contributed by atoms with Crippen molar-refractivity contribution in [2.75, 3.05) is 11.4 Å². The molecule has 0 radical (unpaired) electrons. The molecule has 0 heterocycles. The molecule has 0 bridgehead atoms. The van der Waals surface area contributed by atoms with E-state index >= 15 is 0 Å². The highest BCUT2D eigenvalue weighted by Gasteiger charge is 2.17. The highest BCUT2D eigenvalue weighted by atomic mass is 15.2. The Morgan fingerprint density at radius 3 is 2.37 bits per heavy atom. The SMILES string of the molecule is CCCCN(c1ccccc1C(N)CC)C(C)CC. The Bertz CT molecular complexity index is 362. The molecule has 0 fully saturated rings. The molecule has 19 heavy (non-hydrogen) atoms. The maximum absolute atomic E-state index is 6.28. The number of nitrogens with two attached hydrogens (primary N) is 1. The van der Waals surface area contributed by atoms with Gasteiger partial charge in [0.2, 0.25) is 0 Å². The maximum Gasteiger partial charge on any atom is 0.0417 e. The van der Waals surface area contributed by atoms with Gasteiger partial charge in [0, 0.05) is 24.3 Å². The summed E-state index contributed by atoms with van der Waals surface area (Å²) in [6.07, 6.45) is 4.62. The summed E-state index contributed by atoms with van der Waals surface area (Å²) in [5.41, 5.74) is 8.90. The van der Waals surface area contributed by atoms with Crippen molar-refractivity contribution in [2.24, 2.45) is 5.73 Å². The normalized spacial score (nSPS) is 14.2. The summed E-state index contributed by atoms with van der Waals surface area (Å²) in [6, 6.07) is 9.35. The predicted molar refractivity (Wildman–Crippen MR) is 85.7 cm³/mol. The number of nitrogens with zero attached hydrogens (tertiary/aromatic N) is 1. The maximum atomic E-state index is 6.28. The first-order chi connectivity index (χ1) is 9.15. The molecule has 0 amide bonds. The van der Waals surface area contributed by atoms with Gasteiger partial charge in [-0.15, -0.1) is 0 Å². The molecule has 1 aromatic carbocycles. The van der Waals surface area contributed by atoms with E-state index in [1.54, 1.807) is 0 Å². The van der Waals surface area contributed by atoms with Crippen molar-refractivity contribution in [2.45, 2.75) is 65.5 Å². The van der Waals surface area contributed by atoms with E-state index in [9.17, 15) is 0 Å². The molecule has 0 aliphatic rings. The smallest absolute Gasteiger partial charge is 0.0417 e. The van der Waals surface area contributed by atoms with E-state index < -0.39 is 0 Å². The van der Waals surface area contributed by atoms with Crippen LogP contribution >= 0.6 is 0 Å². The molecule has 0 saturated carbocycles. The van der Waals surface area contributed by atoms with E-state index in [0.717, 1.165) is 13.0 Å². The Labute approximate surface area is 119 Å². The number of anilines is 1. The molecule has 2 atom stereocenters. The largest absolute Gasteiger partial charge is 0.369 e. The lowest BCUT2D eigenvalue weighted by Gasteiger charge is -2.33. The Morgan fingerprint density at radius 1 is 1.11 bits per heavy atom. The minimum Gasteiger partial charge on any atom is -0.369 e. The third-order valence-electron chi connectivity index (χ3n) is 3.96. The van der Waals surface area contributed by atoms with Crippen LogP contribution in [0.4, 0.5) is 5.69 Å². The third kappa shape index (κ3) is 4.24. The van der Waals surface area contributed by atoms with Gasteiger partial charge in [-0.05, 0) is 37.8 Å². The second kappa shape index (κ2) is 8.21. The fourth-order valence-corrected chi connectivity index (χ4v) is 2.41. The second-order valence-corrected chi connectivity index (χ2v) is 5.38. The van der Waals surface area contributed by atoms with Gasteiger partial charge in [-0.25, -0.2) is 0 Å². The Kier molecular flexibility index (Phi) is 6.93. The summed E-state index contributed by atoms with van der Waals surface area (Å²) in [7, 11) is 0. The van der Waals surface area contributed by atoms with Crippen LogP contribution in [0.25, 0.3) is 0 Å². The first-order valence-corrected chi connectivity index (χ1v) is 7.76. The van der Waals surface area contributed by atoms with Gasteiger partial charge in [-0.1, -0.05) is 45.4 Å². The molecule has 1 rings (SSSR count). The second-order valence-electron chi connectivity index (χ2n) is 5.38. The van der Waals surface area contributed by atoms with Gasteiger partial charge in [0.05, 0.1) is 0 Å². The highest BCUT2D eigenvalue weighted by molar-refractivity contribution is 5.55. The lowest BCUT2D eigenvalue weighted by Crippen LogP contribution is -2.34. The molecule has 2 unspecified atom stereocenters. The Hall–Kier alpha value is -1.02. The molecule has 0 aromatic heterocycles. The number of hydrogen-bond donors (Lipinski definition) is 1. The van der Waals surface area contributed by atoms with Crippen molar-refractivity contribution >= 4 is 5.69 Å². The van der Waals surface area contributed by atoms with Gasteiger partial charge in [0.15, 0.2) is 0 Å². The fraction of sp³-hybridized carbons (Fsp3) is 0.647. The highest BCUT2D eigenvalue weighted by Crippen LogP contribution is 2.29. The van der Waals surface area contributed by atoms with Crippen molar-refractivity contribution in [1.82, 2.24) is 0 Å². The van der Waals surface area contributed by atoms with E-state index in [2.05, 4.69) is 56.9 Å². The number of para-hydroxylation sites is 1. The van der Waals surface area contributed by atoms with Crippen molar-refractivity contribution in [3.63, 3.8) is 0 Å². The quantitative estimate of drug-likeness (QED) is 0.747. The third-order valence-corrected chi connectivity index (χ3v) is 3.96. The first kappa shape index (κ1) is 16.0. The van der Waals surface area contributed by atoms with Crippen LogP contribution in [0.5, 0.6) is 0 Å². The Morgan fingerprint density at radius 2 is 1.79 bits per heavy atom. The van der Waals surface area contributed by atoms with Gasteiger partial charge in [0.1, 0.15) is 0 Å². The van der Waals surface area contributed by atoms with Crippen molar-refractivity contribution in [1.29, 1.82) is 0 Å². The van der Waals surface area contributed by atoms with Gasteiger partial charge in [0.25, 0.3) is 0 Å². The van der Waals surface area contributed by atoms with Crippen LogP contribution in [0, 0.1) is 0 Å². The van der Waals surface area contributed by atoms with Gasteiger partial charge in [-0.2, -0.15) is 0 Å². The molecule has 0 aliphatic heterocycles. The summed E-state index contributed by atoms with van der Waals surface area (Å²) >= 11 is 0. The van der Waals surface area contributed by atoms with Gasteiger partial charge in [-0.3, -0.25) is 0 Å². The molecule has 108 valence electrons. The van der Waals surface area contributed by atoms with Gasteiger partial charge < -0.3 is 10.6 Å². The molecule has 1 aromatic rings. The van der Waals surface area contributed by atoms with E-state index in [-0.39, 0.29) is 6.04 Å². The molecule has 2 N–H and O–H groups in total. The van der Waals surface area contributed by atoms with E-state index in [1.165, 1.54) is 30.5 Å². The lowest BCUT2D eigenvalue weighted by atomic mass is 10.0. The van der Waals surface area contributed by atoms with Crippen LogP contribution < -0.4 is 10.6 Å². The zero-order valence-corrected chi connectivity index (χ0v) is 13.0. The number of rotatable bonds is 8. The molecule has 0 spiro atoms. The average molecular weight is 262 g/mol. The minimum atomic E-state index is 0.143.